The van der Waals surface area contributed by atoms with Gasteiger partial charge in [0.15, 0.2) is 11.5 Å². The summed E-state index contributed by atoms with van der Waals surface area (Å²) in [7, 11) is 5.64. The molecule has 118 valence electrons. The summed E-state index contributed by atoms with van der Waals surface area (Å²) in [6, 6.07) is 0. The van der Waals surface area contributed by atoms with E-state index in [1.54, 1.807) is 18.0 Å². The number of ketones is 1. The first-order valence-electron chi connectivity index (χ1n) is 7.81. The van der Waals surface area contributed by atoms with Crippen LogP contribution in [0.5, 0.6) is 5.75 Å². The number of hydrogen-bond acceptors (Lipinski definition) is 4. The van der Waals surface area contributed by atoms with E-state index in [9.17, 15) is 4.79 Å². The first-order chi connectivity index (χ1) is 10.0. The van der Waals surface area contributed by atoms with Crippen molar-refractivity contribution >= 4 is 5.78 Å². The van der Waals surface area contributed by atoms with Crippen molar-refractivity contribution < 1.29 is 9.53 Å². The minimum Gasteiger partial charge on any atom is -0.493 e. The first-order valence-corrected chi connectivity index (χ1v) is 7.81. The second-order valence-electron chi connectivity index (χ2n) is 6.42. The molecule has 0 radical (unpaired) electrons. The Morgan fingerprint density at radius 1 is 1.48 bits per heavy atom. The van der Waals surface area contributed by atoms with Gasteiger partial charge in [0.2, 0.25) is 0 Å². The Balaban J connectivity index is 2.19. The van der Waals surface area contributed by atoms with Crippen LogP contribution in [0.15, 0.2) is 6.20 Å². The second-order valence-corrected chi connectivity index (χ2v) is 6.42. The van der Waals surface area contributed by atoms with Gasteiger partial charge < -0.3 is 9.64 Å². The van der Waals surface area contributed by atoms with Crippen LogP contribution in [0.2, 0.25) is 0 Å². The highest BCUT2D eigenvalue weighted by Crippen LogP contribution is 2.33. The van der Waals surface area contributed by atoms with E-state index in [4.69, 9.17) is 4.74 Å². The van der Waals surface area contributed by atoms with E-state index < -0.39 is 0 Å². The van der Waals surface area contributed by atoms with Crippen molar-refractivity contribution in [2.45, 2.75) is 39.2 Å². The summed E-state index contributed by atoms with van der Waals surface area (Å²) in [5, 5.41) is 4.34. The van der Waals surface area contributed by atoms with Gasteiger partial charge in [0.25, 0.3) is 0 Å². The maximum absolute atomic E-state index is 12.9. The molecule has 1 fully saturated rings. The molecule has 2 atom stereocenters. The van der Waals surface area contributed by atoms with Gasteiger partial charge in [0.1, 0.15) is 5.69 Å². The first kappa shape index (κ1) is 16.0. The summed E-state index contributed by atoms with van der Waals surface area (Å²) in [6.07, 6.45) is 6.02. The van der Waals surface area contributed by atoms with Crippen LogP contribution >= 0.6 is 0 Å². The fraction of sp³-hybridized carbons (Fsp3) is 0.750. The number of ether oxygens (including phenoxy) is 1. The van der Waals surface area contributed by atoms with Gasteiger partial charge >= 0.3 is 0 Å². The van der Waals surface area contributed by atoms with Crippen LogP contribution in [0.4, 0.5) is 0 Å². The molecule has 0 amide bonds. The quantitative estimate of drug-likeness (QED) is 0.756. The van der Waals surface area contributed by atoms with Crippen LogP contribution in [-0.4, -0.2) is 48.2 Å². The largest absolute Gasteiger partial charge is 0.493 e. The molecule has 0 saturated heterocycles. The van der Waals surface area contributed by atoms with Crippen LogP contribution in [0.3, 0.4) is 0 Å². The molecule has 1 aliphatic carbocycles. The third-order valence-corrected chi connectivity index (χ3v) is 4.33. The van der Waals surface area contributed by atoms with Crippen LogP contribution in [0.25, 0.3) is 0 Å². The molecule has 2 unspecified atom stereocenters. The smallest absolute Gasteiger partial charge is 0.187 e. The number of methoxy groups -OCH3 is 1. The summed E-state index contributed by atoms with van der Waals surface area (Å²) < 4.78 is 7.16. The van der Waals surface area contributed by atoms with Crippen LogP contribution in [0.1, 0.15) is 43.1 Å². The average Bonchev–Trinajstić information content (AvgIpc) is 2.87. The van der Waals surface area contributed by atoms with Crippen molar-refractivity contribution in [3.63, 3.8) is 0 Å². The van der Waals surface area contributed by atoms with Gasteiger partial charge in [-0.05, 0) is 32.9 Å². The molecule has 0 aromatic carbocycles. The fourth-order valence-corrected chi connectivity index (χ4v) is 3.10. The lowest BCUT2D eigenvalue weighted by Gasteiger charge is -2.26. The topological polar surface area (TPSA) is 47.4 Å². The minimum atomic E-state index is 0.123. The van der Waals surface area contributed by atoms with Crippen molar-refractivity contribution in [2.24, 2.45) is 11.8 Å². The summed E-state index contributed by atoms with van der Waals surface area (Å²) in [6.45, 7) is 3.80. The predicted octanol–water partition coefficient (Wildman–Crippen LogP) is 2.46. The number of carbonyl (C=O) groups excluding carboxylic acids is 1. The van der Waals surface area contributed by atoms with Crippen LogP contribution in [-0.2, 0) is 6.54 Å². The number of rotatable bonds is 6. The zero-order chi connectivity index (χ0) is 15.4. The summed E-state index contributed by atoms with van der Waals surface area (Å²) >= 11 is 0. The Labute approximate surface area is 127 Å². The van der Waals surface area contributed by atoms with Gasteiger partial charge in [0.05, 0.1) is 19.9 Å². The molecule has 5 heteroatoms. The van der Waals surface area contributed by atoms with Gasteiger partial charge in [-0.3, -0.25) is 9.48 Å². The molecule has 1 aromatic rings. The van der Waals surface area contributed by atoms with E-state index in [0.717, 1.165) is 25.8 Å². The third kappa shape index (κ3) is 3.84. The van der Waals surface area contributed by atoms with Gasteiger partial charge in [-0.25, -0.2) is 0 Å². The second kappa shape index (κ2) is 7.07. The Kier molecular flexibility index (Phi) is 5.39. The number of hydrogen-bond donors (Lipinski definition) is 0. The summed E-state index contributed by atoms with van der Waals surface area (Å²) in [5.41, 5.74) is 0.651. The maximum Gasteiger partial charge on any atom is 0.187 e. The summed E-state index contributed by atoms with van der Waals surface area (Å²) in [4.78, 5) is 15.0. The molecule has 1 heterocycles. The Bertz CT molecular complexity index is 482. The summed E-state index contributed by atoms with van der Waals surface area (Å²) in [5.74, 6) is 1.57. The highest BCUT2D eigenvalue weighted by atomic mass is 16.5. The Hall–Kier alpha value is -1.36. The normalized spacial score (nSPS) is 22.5. The van der Waals surface area contributed by atoms with Crippen molar-refractivity contribution in [2.75, 3.05) is 27.7 Å². The van der Waals surface area contributed by atoms with E-state index in [2.05, 4.69) is 16.9 Å². The van der Waals surface area contributed by atoms with Crippen molar-refractivity contribution in [1.29, 1.82) is 0 Å². The molecule has 0 bridgehead atoms. The molecular formula is C16H27N3O2. The van der Waals surface area contributed by atoms with Crippen LogP contribution in [0, 0.1) is 11.8 Å². The molecule has 0 N–H and O–H groups in total. The van der Waals surface area contributed by atoms with Gasteiger partial charge in [-0.15, -0.1) is 0 Å². The predicted molar refractivity (Wildman–Crippen MR) is 82.8 cm³/mol. The highest BCUT2D eigenvalue weighted by molar-refractivity contribution is 5.98. The molecule has 1 saturated carbocycles. The van der Waals surface area contributed by atoms with Gasteiger partial charge in [-0.1, -0.05) is 19.8 Å². The highest BCUT2D eigenvalue weighted by Gasteiger charge is 2.30. The maximum atomic E-state index is 12.9. The van der Waals surface area contributed by atoms with Gasteiger partial charge in [-0.2, -0.15) is 5.10 Å². The molecule has 21 heavy (non-hydrogen) atoms. The number of aromatic nitrogens is 2. The average molecular weight is 293 g/mol. The fourth-order valence-electron chi connectivity index (χ4n) is 3.10. The molecule has 5 nitrogen and oxygen atoms in total. The molecule has 1 aromatic heterocycles. The van der Waals surface area contributed by atoms with E-state index in [1.807, 2.05) is 14.1 Å². The molecule has 0 aliphatic heterocycles. The molecular weight excluding hydrogens is 266 g/mol. The van der Waals surface area contributed by atoms with Gasteiger partial charge in [0, 0.05) is 12.5 Å². The van der Waals surface area contributed by atoms with Crippen molar-refractivity contribution in [1.82, 2.24) is 14.7 Å². The number of Topliss-reactive ketones (excluding diaryl/α,β-unsaturated/α-hetero) is 1. The van der Waals surface area contributed by atoms with Crippen molar-refractivity contribution in [3.05, 3.63) is 11.9 Å². The Morgan fingerprint density at radius 3 is 2.86 bits per heavy atom. The molecule has 0 spiro atoms. The molecule has 2 rings (SSSR count). The lowest BCUT2D eigenvalue weighted by Crippen LogP contribution is -2.26. The SMILES string of the molecule is COc1cnn(CCN(C)C)c1C(=O)C1CCCC(C)C1. The standard InChI is InChI=1S/C16H27N3O2/c1-12-6-5-7-13(10-12)16(20)15-14(21-4)11-17-19(15)9-8-18(2)3/h11-13H,5-10H2,1-4H3. The van der Waals surface area contributed by atoms with E-state index in [-0.39, 0.29) is 11.7 Å². The van der Waals surface area contributed by atoms with E-state index in [1.165, 1.54) is 6.42 Å². The van der Waals surface area contributed by atoms with E-state index >= 15 is 0 Å². The van der Waals surface area contributed by atoms with Crippen molar-refractivity contribution in [3.8, 4) is 5.75 Å². The lowest BCUT2D eigenvalue weighted by molar-refractivity contribution is 0.0852. The zero-order valence-corrected chi connectivity index (χ0v) is 13.6. The lowest BCUT2D eigenvalue weighted by atomic mass is 9.79. The third-order valence-electron chi connectivity index (χ3n) is 4.33. The number of carbonyl (C=O) groups is 1. The van der Waals surface area contributed by atoms with E-state index in [0.29, 0.717) is 23.9 Å². The van der Waals surface area contributed by atoms with Crippen LogP contribution < -0.4 is 4.74 Å². The number of likely N-dealkylation sites (N-methyl/N-ethyl adjacent to an activating group) is 1. The Morgan fingerprint density at radius 2 is 2.24 bits per heavy atom. The number of nitrogens with zero attached hydrogens (tertiary/aromatic N) is 3. The monoisotopic (exact) mass is 293 g/mol. The zero-order valence-electron chi connectivity index (χ0n) is 13.6. The molecule has 1 aliphatic rings. The minimum absolute atomic E-state index is 0.123.